The second kappa shape index (κ2) is 6.01. The molecule has 2 unspecified atom stereocenters. The van der Waals surface area contributed by atoms with Crippen molar-refractivity contribution in [3.63, 3.8) is 0 Å². The van der Waals surface area contributed by atoms with Crippen LogP contribution in [0.3, 0.4) is 0 Å². The van der Waals surface area contributed by atoms with Crippen LogP contribution in [0.4, 0.5) is 8.78 Å². The van der Waals surface area contributed by atoms with Crippen molar-refractivity contribution < 1.29 is 27.9 Å². The minimum absolute atomic E-state index is 0.0470. The number of amides is 3. The molecule has 4 rings (SSSR count). The second-order valence-electron chi connectivity index (χ2n) is 6.72. The van der Waals surface area contributed by atoms with Gasteiger partial charge in [-0.1, -0.05) is 0 Å². The number of alkyl halides is 2. The Morgan fingerprint density at radius 1 is 1.23 bits per heavy atom. The van der Waals surface area contributed by atoms with Gasteiger partial charge in [0.15, 0.2) is 6.10 Å². The molecule has 1 aromatic carbocycles. The maximum Gasteiger partial charge on any atom is 0.297 e. The van der Waals surface area contributed by atoms with E-state index in [0.717, 1.165) is 0 Å². The van der Waals surface area contributed by atoms with Gasteiger partial charge in [0, 0.05) is 25.1 Å². The summed E-state index contributed by atoms with van der Waals surface area (Å²) in [7, 11) is 0. The largest absolute Gasteiger partial charge is 0.483 e. The van der Waals surface area contributed by atoms with E-state index in [2.05, 4.69) is 10.6 Å². The fourth-order valence-corrected chi connectivity index (χ4v) is 3.55. The fourth-order valence-electron chi connectivity index (χ4n) is 3.55. The molecule has 0 spiro atoms. The zero-order chi connectivity index (χ0) is 18.5. The van der Waals surface area contributed by atoms with Gasteiger partial charge in [0.25, 0.3) is 11.8 Å². The van der Waals surface area contributed by atoms with Crippen LogP contribution in [0.15, 0.2) is 18.2 Å². The van der Waals surface area contributed by atoms with Crippen LogP contribution in [-0.2, 0) is 16.1 Å². The number of fused-ring (bicyclic) bond motifs is 1. The van der Waals surface area contributed by atoms with E-state index in [1.54, 1.807) is 6.07 Å². The highest BCUT2D eigenvalue weighted by Crippen LogP contribution is 2.32. The lowest BCUT2D eigenvalue weighted by atomic mass is 10.0. The smallest absolute Gasteiger partial charge is 0.297 e. The van der Waals surface area contributed by atoms with E-state index in [0.29, 0.717) is 11.1 Å². The van der Waals surface area contributed by atoms with Crippen LogP contribution in [0.25, 0.3) is 0 Å². The number of ether oxygens (including phenoxy) is 1. The number of hydrogen-bond donors (Lipinski definition) is 2. The number of nitrogens with zero attached hydrogens (tertiary/aromatic N) is 1. The minimum atomic E-state index is -2.95. The number of halogens is 2. The Hall–Kier alpha value is -2.55. The molecule has 2 N–H and O–H groups in total. The number of carbonyl (C=O) groups excluding carboxylic acids is 3. The molecule has 0 aromatic heterocycles. The second-order valence-corrected chi connectivity index (χ2v) is 6.72. The van der Waals surface area contributed by atoms with E-state index >= 15 is 0 Å². The summed E-state index contributed by atoms with van der Waals surface area (Å²) in [6.45, 7) is -0.202. The third-order valence-corrected chi connectivity index (χ3v) is 4.93. The summed E-state index contributed by atoms with van der Waals surface area (Å²) in [6, 6.07) is 3.87. The molecule has 2 fully saturated rings. The Bertz CT molecular complexity index is 798. The van der Waals surface area contributed by atoms with Gasteiger partial charge in [-0.25, -0.2) is 8.78 Å². The molecule has 0 saturated carbocycles. The molecule has 3 aliphatic rings. The highest BCUT2D eigenvalue weighted by molar-refractivity contribution is 6.05. The van der Waals surface area contributed by atoms with Gasteiger partial charge >= 0.3 is 0 Å². The number of imide groups is 1. The van der Waals surface area contributed by atoms with E-state index in [4.69, 9.17) is 4.74 Å². The van der Waals surface area contributed by atoms with Gasteiger partial charge in [0.2, 0.25) is 11.8 Å². The Morgan fingerprint density at radius 3 is 2.73 bits per heavy atom. The van der Waals surface area contributed by atoms with Crippen LogP contribution < -0.4 is 15.4 Å². The molecule has 0 bridgehead atoms. The van der Waals surface area contributed by atoms with Crippen molar-refractivity contribution >= 4 is 17.7 Å². The Morgan fingerprint density at radius 2 is 2.04 bits per heavy atom. The molecule has 7 nitrogen and oxygen atoms in total. The van der Waals surface area contributed by atoms with E-state index in [-0.39, 0.29) is 43.5 Å². The van der Waals surface area contributed by atoms with Crippen molar-refractivity contribution in [1.29, 1.82) is 0 Å². The van der Waals surface area contributed by atoms with Crippen molar-refractivity contribution in [2.24, 2.45) is 0 Å². The van der Waals surface area contributed by atoms with Gasteiger partial charge < -0.3 is 15.0 Å². The normalized spacial score (nSPS) is 27.5. The zero-order valence-electron chi connectivity index (χ0n) is 13.8. The molecular formula is C17H17F2N3O4. The quantitative estimate of drug-likeness (QED) is 0.759. The number of hydrogen-bond acceptors (Lipinski definition) is 5. The molecule has 0 radical (unpaired) electrons. The number of carbonyl (C=O) groups is 3. The first-order valence-electron chi connectivity index (χ1n) is 8.38. The molecule has 26 heavy (non-hydrogen) atoms. The topological polar surface area (TPSA) is 87.7 Å². The first-order valence-corrected chi connectivity index (χ1v) is 8.38. The SMILES string of the molecule is O=C1CCC(N2Cc3cc(OC4CNCC4(F)F)ccc3C2=O)C(=O)N1. The fraction of sp³-hybridized carbons (Fsp3) is 0.471. The monoisotopic (exact) mass is 365 g/mol. The lowest BCUT2D eigenvalue weighted by Gasteiger charge is -2.29. The molecule has 3 amide bonds. The maximum absolute atomic E-state index is 13.7. The number of piperidine rings is 1. The van der Waals surface area contributed by atoms with Crippen LogP contribution >= 0.6 is 0 Å². The van der Waals surface area contributed by atoms with E-state index < -0.39 is 30.5 Å². The van der Waals surface area contributed by atoms with Crippen LogP contribution in [0.5, 0.6) is 5.75 Å². The van der Waals surface area contributed by atoms with Gasteiger partial charge in [-0.2, -0.15) is 0 Å². The lowest BCUT2D eigenvalue weighted by Crippen LogP contribution is -2.52. The first-order chi connectivity index (χ1) is 12.3. The molecule has 3 heterocycles. The summed E-state index contributed by atoms with van der Waals surface area (Å²) in [5.74, 6) is -3.84. The Kier molecular flexibility index (Phi) is 3.91. The van der Waals surface area contributed by atoms with Crippen molar-refractivity contribution in [1.82, 2.24) is 15.5 Å². The summed E-state index contributed by atoms with van der Waals surface area (Å²) in [4.78, 5) is 37.3. The molecule has 2 atom stereocenters. The molecule has 2 saturated heterocycles. The average Bonchev–Trinajstić information content (AvgIpc) is 3.07. The molecule has 3 aliphatic heterocycles. The lowest BCUT2D eigenvalue weighted by molar-refractivity contribution is -0.136. The molecule has 1 aromatic rings. The predicted octanol–water partition coefficient (Wildman–Crippen LogP) is 0.433. The average molecular weight is 365 g/mol. The molecule has 9 heteroatoms. The summed E-state index contributed by atoms with van der Waals surface area (Å²) < 4.78 is 32.8. The van der Waals surface area contributed by atoms with Crippen molar-refractivity contribution in [2.75, 3.05) is 13.1 Å². The number of benzene rings is 1. The Labute approximate surface area is 147 Å². The molecule has 138 valence electrons. The molecule has 0 aliphatic carbocycles. The highest BCUT2D eigenvalue weighted by atomic mass is 19.3. The van der Waals surface area contributed by atoms with E-state index in [9.17, 15) is 23.2 Å². The zero-order valence-corrected chi connectivity index (χ0v) is 13.8. The maximum atomic E-state index is 13.7. The predicted molar refractivity (Wildman–Crippen MR) is 84.7 cm³/mol. The van der Waals surface area contributed by atoms with E-state index in [1.165, 1.54) is 17.0 Å². The van der Waals surface area contributed by atoms with Gasteiger partial charge in [-0.3, -0.25) is 19.7 Å². The summed E-state index contributed by atoms with van der Waals surface area (Å²) in [6.07, 6.45) is -0.813. The van der Waals surface area contributed by atoms with Gasteiger partial charge in [0.05, 0.1) is 6.54 Å². The van der Waals surface area contributed by atoms with Crippen molar-refractivity contribution in [3.05, 3.63) is 29.3 Å². The van der Waals surface area contributed by atoms with Gasteiger partial charge in [-0.15, -0.1) is 0 Å². The Balaban J connectivity index is 1.52. The van der Waals surface area contributed by atoms with Gasteiger partial charge in [-0.05, 0) is 30.2 Å². The van der Waals surface area contributed by atoms with Crippen LogP contribution in [0.2, 0.25) is 0 Å². The third kappa shape index (κ3) is 2.82. The van der Waals surface area contributed by atoms with Gasteiger partial charge in [0.1, 0.15) is 11.8 Å². The number of rotatable bonds is 3. The van der Waals surface area contributed by atoms with Crippen molar-refractivity contribution in [3.8, 4) is 5.75 Å². The number of nitrogens with one attached hydrogen (secondary N) is 2. The van der Waals surface area contributed by atoms with E-state index in [1.807, 2.05) is 0 Å². The van der Waals surface area contributed by atoms with Crippen LogP contribution in [-0.4, -0.2) is 53.8 Å². The highest BCUT2D eigenvalue weighted by Gasteiger charge is 2.46. The minimum Gasteiger partial charge on any atom is -0.483 e. The first kappa shape index (κ1) is 16.9. The van der Waals surface area contributed by atoms with Crippen LogP contribution in [0.1, 0.15) is 28.8 Å². The van der Waals surface area contributed by atoms with Crippen molar-refractivity contribution in [2.45, 2.75) is 37.5 Å². The summed E-state index contributed by atoms with van der Waals surface area (Å²) in [5, 5.41) is 4.83. The summed E-state index contributed by atoms with van der Waals surface area (Å²) in [5.41, 5.74) is 1.03. The molecular weight excluding hydrogens is 348 g/mol. The van der Waals surface area contributed by atoms with Crippen LogP contribution in [0, 0.1) is 0 Å². The summed E-state index contributed by atoms with van der Waals surface area (Å²) >= 11 is 0. The standard InChI is InChI=1S/C17H17F2N3O4/c18-17(19)8-20-6-13(17)26-10-1-2-11-9(5-10)7-22(16(11)25)12-3-4-14(23)21-15(12)24/h1-2,5,12-13,20H,3-4,6-8H2,(H,21,23,24). The third-order valence-electron chi connectivity index (χ3n) is 4.93.